The van der Waals surface area contributed by atoms with Gasteiger partial charge in [-0.1, -0.05) is 17.7 Å². The number of carbonyl (C=O) groups excluding carboxylic acids is 1. The lowest BCUT2D eigenvalue weighted by Crippen LogP contribution is -2.50. The van der Waals surface area contributed by atoms with Crippen LogP contribution in [0.2, 0.25) is 5.02 Å². The fraction of sp³-hybridized carbons (Fsp3) is 0.421. The van der Waals surface area contributed by atoms with Crippen molar-refractivity contribution in [2.75, 3.05) is 31.6 Å². The van der Waals surface area contributed by atoms with Gasteiger partial charge in [-0.05, 0) is 35.7 Å². The van der Waals surface area contributed by atoms with Crippen molar-refractivity contribution in [1.29, 1.82) is 0 Å². The van der Waals surface area contributed by atoms with Gasteiger partial charge in [0.25, 0.3) is 0 Å². The van der Waals surface area contributed by atoms with Crippen LogP contribution in [0.5, 0.6) is 0 Å². The molecule has 158 valence electrons. The Morgan fingerprint density at radius 2 is 2.10 bits per heavy atom. The van der Waals surface area contributed by atoms with E-state index in [1.165, 1.54) is 24.3 Å². The zero-order chi connectivity index (χ0) is 20.9. The first-order valence-corrected chi connectivity index (χ1v) is 10.2. The molecule has 0 radical (unpaired) electrons. The standard InChI is InChI=1S/C19H20ClF3N2O3S/c20-13-3-5-14(6-4-13)24-18(26)28-17(19(21,22)23)12-25-7-8-27-15(11-25)10-16-2-1-9-29-16/h1-6,9,15,17H,7-8,10-12H2,(H,24,26)/t15-,17?/m1/s1. The maximum absolute atomic E-state index is 13.5. The minimum absolute atomic E-state index is 0.195. The van der Waals surface area contributed by atoms with Gasteiger partial charge < -0.3 is 9.47 Å². The molecule has 3 rings (SSSR count). The molecular weight excluding hydrogens is 429 g/mol. The van der Waals surface area contributed by atoms with Gasteiger partial charge in [0.05, 0.1) is 12.7 Å². The number of nitrogens with zero attached hydrogens (tertiary/aromatic N) is 1. The van der Waals surface area contributed by atoms with Crippen molar-refractivity contribution in [3.8, 4) is 0 Å². The number of morpholine rings is 1. The molecule has 1 saturated heterocycles. The second-order valence-electron chi connectivity index (χ2n) is 6.60. The summed E-state index contributed by atoms with van der Waals surface area (Å²) in [5.41, 5.74) is 0.294. The number of thiophene rings is 1. The summed E-state index contributed by atoms with van der Waals surface area (Å²) in [6.45, 7) is 0.571. The molecule has 1 aliphatic rings. The van der Waals surface area contributed by atoms with Gasteiger partial charge in [-0.25, -0.2) is 4.79 Å². The number of carbonyl (C=O) groups is 1. The zero-order valence-corrected chi connectivity index (χ0v) is 16.9. The second kappa shape index (κ2) is 9.80. The molecule has 1 unspecified atom stereocenters. The Balaban J connectivity index is 1.56. The summed E-state index contributed by atoms with van der Waals surface area (Å²) in [6.07, 6.45) is -7.64. The van der Waals surface area contributed by atoms with Gasteiger partial charge in [0, 0.05) is 41.6 Å². The molecule has 1 fully saturated rings. The molecule has 0 saturated carbocycles. The topological polar surface area (TPSA) is 50.8 Å². The predicted octanol–water partition coefficient (Wildman–Crippen LogP) is 4.82. The number of rotatable bonds is 6. The Kier molecular flexibility index (Phi) is 7.39. The van der Waals surface area contributed by atoms with E-state index in [4.69, 9.17) is 21.1 Å². The van der Waals surface area contributed by atoms with Crippen molar-refractivity contribution in [1.82, 2.24) is 4.90 Å². The summed E-state index contributed by atoms with van der Waals surface area (Å²) in [5.74, 6) is 0. The molecular formula is C19H20ClF3N2O3S. The van der Waals surface area contributed by atoms with Gasteiger partial charge in [0.1, 0.15) is 0 Å². The van der Waals surface area contributed by atoms with Crippen LogP contribution in [-0.2, 0) is 15.9 Å². The van der Waals surface area contributed by atoms with Crippen molar-refractivity contribution < 1.29 is 27.4 Å². The Hall–Kier alpha value is -1.81. The van der Waals surface area contributed by atoms with Crippen LogP contribution in [0.15, 0.2) is 41.8 Å². The van der Waals surface area contributed by atoms with E-state index in [2.05, 4.69) is 5.32 Å². The number of anilines is 1. The Morgan fingerprint density at radius 1 is 1.34 bits per heavy atom. The van der Waals surface area contributed by atoms with Crippen LogP contribution in [0, 0.1) is 0 Å². The molecule has 2 atom stereocenters. The van der Waals surface area contributed by atoms with Gasteiger partial charge in [-0.2, -0.15) is 13.2 Å². The maximum atomic E-state index is 13.5. The lowest BCUT2D eigenvalue weighted by Gasteiger charge is -2.35. The number of hydrogen-bond donors (Lipinski definition) is 1. The monoisotopic (exact) mass is 448 g/mol. The third-order valence-electron chi connectivity index (χ3n) is 4.36. The van der Waals surface area contributed by atoms with E-state index < -0.39 is 24.9 Å². The van der Waals surface area contributed by atoms with E-state index in [0.717, 1.165) is 4.88 Å². The predicted molar refractivity (Wildman–Crippen MR) is 106 cm³/mol. The first-order valence-electron chi connectivity index (χ1n) is 8.96. The van der Waals surface area contributed by atoms with Gasteiger partial charge >= 0.3 is 12.3 Å². The highest BCUT2D eigenvalue weighted by Crippen LogP contribution is 2.26. The van der Waals surface area contributed by atoms with Gasteiger partial charge in [0.15, 0.2) is 0 Å². The van der Waals surface area contributed by atoms with Crippen molar-refractivity contribution >= 4 is 34.7 Å². The molecule has 29 heavy (non-hydrogen) atoms. The first-order chi connectivity index (χ1) is 13.8. The van der Waals surface area contributed by atoms with Crippen LogP contribution in [0.1, 0.15) is 4.88 Å². The number of ether oxygens (including phenoxy) is 2. The highest BCUT2D eigenvalue weighted by atomic mass is 35.5. The highest BCUT2D eigenvalue weighted by Gasteiger charge is 2.44. The molecule has 0 spiro atoms. The minimum atomic E-state index is -4.68. The number of alkyl halides is 3. The van der Waals surface area contributed by atoms with Crippen LogP contribution >= 0.6 is 22.9 Å². The highest BCUT2D eigenvalue weighted by molar-refractivity contribution is 7.09. The average Bonchev–Trinajstić information content (AvgIpc) is 3.16. The molecule has 1 aromatic heterocycles. The quantitative estimate of drug-likeness (QED) is 0.688. The molecule has 0 aliphatic carbocycles. The van der Waals surface area contributed by atoms with Crippen molar-refractivity contribution in [2.45, 2.75) is 24.8 Å². The third-order valence-corrected chi connectivity index (χ3v) is 5.51. The minimum Gasteiger partial charge on any atom is -0.435 e. The third kappa shape index (κ3) is 6.88. The van der Waals surface area contributed by atoms with Gasteiger partial charge in [0.2, 0.25) is 6.10 Å². The van der Waals surface area contributed by atoms with E-state index in [9.17, 15) is 18.0 Å². The zero-order valence-electron chi connectivity index (χ0n) is 15.3. The van der Waals surface area contributed by atoms with Gasteiger partial charge in [-0.3, -0.25) is 10.2 Å². The number of nitrogens with one attached hydrogen (secondary N) is 1. The average molecular weight is 449 g/mol. The Morgan fingerprint density at radius 3 is 2.76 bits per heavy atom. The smallest absolute Gasteiger partial charge is 0.426 e. The van der Waals surface area contributed by atoms with E-state index in [1.54, 1.807) is 16.2 Å². The van der Waals surface area contributed by atoms with E-state index in [0.29, 0.717) is 36.8 Å². The number of halogens is 4. The summed E-state index contributed by atoms with van der Waals surface area (Å²) in [7, 11) is 0. The second-order valence-corrected chi connectivity index (χ2v) is 8.07. The number of benzene rings is 1. The lowest BCUT2D eigenvalue weighted by atomic mass is 10.1. The lowest BCUT2D eigenvalue weighted by molar-refractivity contribution is -0.209. The van der Waals surface area contributed by atoms with E-state index in [1.807, 2.05) is 17.5 Å². The first kappa shape index (κ1) is 21.9. The fourth-order valence-corrected chi connectivity index (χ4v) is 3.87. The summed E-state index contributed by atoms with van der Waals surface area (Å²) in [5, 5.41) is 4.68. The molecule has 2 aromatic rings. The normalized spacial score (nSPS) is 19.0. The molecule has 10 heteroatoms. The SMILES string of the molecule is O=C(Nc1ccc(Cl)cc1)OC(CN1CCO[C@H](Cc2cccs2)C1)C(F)(F)F. The van der Waals surface area contributed by atoms with Crippen LogP contribution in [0.25, 0.3) is 0 Å². The van der Waals surface area contributed by atoms with Crippen LogP contribution in [-0.4, -0.2) is 55.6 Å². The van der Waals surface area contributed by atoms with Crippen LogP contribution < -0.4 is 5.32 Å². The van der Waals surface area contributed by atoms with E-state index in [-0.39, 0.29) is 6.10 Å². The molecule has 1 aromatic carbocycles. The number of amides is 1. The summed E-state index contributed by atoms with van der Waals surface area (Å²) in [6, 6.07) is 9.87. The molecule has 1 amide bonds. The van der Waals surface area contributed by atoms with Crippen molar-refractivity contribution in [3.63, 3.8) is 0 Å². The summed E-state index contributed by atoms with van der Waals surface area (Å²) >= 11 is 7.33. The van der Waals surface area contributed by atoms with Crippen LogP contribution in [0.4, 0.5) is 23.7 Å². The van der Waals surface area contributed by atoms with E-state index >= 15 is 0 Å². The number of hydrogen-bond acceptors (Lipinski definition) is 5. The molecule has 0 bridgehead atoms. The molecule has 1 aliphatic heterocycles. The Labute approximate surface area is 175 Å². The molecule has 2 heterocycles. The fourth-order valence-electron chi connectivity index (χ4n) is 2.97. The Bertz CT molecular complexity index is 787. The van der Waals surface area contributed by atoms with Crippen molar-refractivity contribution in [3.05, 3.63) is 51.7 Å². The summed E-state index contributed by atoms with van der Waals surface area (Å²) in [4.78, 5) is 14.7. The largest absolute Gasteiger partial charge is 0.435 e. The molecule has 5 nitrogen and oxygen atoms in total. The van der Waals surface area contributed by atoms with Crippen molar-refractivity contribution in [2.24, 2.45) is 0 Å². The summed E-state index contributed by atoms with van der Waals surface area (Å²) < 4.78 is 50.7. The van der Waals surface area contributed by atoms with Crippen LogP contribution in [0.3, 0.4) is 0 Å². The maximum Gasteiger partial charge on any atom is 0.426 e. The molecule has 1 N–H and O–H groups in total. The van der Waals surface area contributed by atoms with Gasteiger partial charge in [-0.15, -0.1) is 11.3 Å².